The molecule has 146 valence electrons. The summed E-state index contributed by atoms with van der Waals surface area (Å²) in [7, 11) is 1.68. The number of halogens is 3. The van der Waals surface area contributed by atoms with Gasteiger partial charge in [-0.15, -0.1) is 10.2 Å². The van der Waals surface area contributed by atoms with Crippen LogP contribution in [-0.2, 0) is 11.8 Å². The van der Waals surface area contributed by atoms with Crippen LogP contribution >= 0.6 is 11.8 Å². The minimum atomic E-state index is -0.719. The van der Waals surface area contributed by atoms with Crippen molar-refractivity contribution in [2.24, 2.45) is 7.05 Å². The number of carbonyl (C=O) groups is 1. The number of carbonyl (C=O) groups excluding carboxylic acids is 1. The van der Waals surface area contributed by atoms with Crippen molar-refractivity contribution in [2.75, 3.05) is 5.75 Å². The van der Waals surface area contributed by atoms with Crippen LogP contribution in [0.5, 0.6) is 0 Å². The Morgan fingerprint density at radius 2 is 1.89 bits per heavy atom. The highest BCUT2D eigenvalue weighted by atomic mass is 32.2. The van der Waals surface area contributed by atoms with E-state index >= 15 is 0 Å². The third-order valence-corrected chi connectivity index (χ3v) is 5.11. The van der Waals surface area contributed by atoms with E-state index in [1.165, 1.54) is 12.1 Å². The number of rotatable bonds is 6. The van der Waals surface area contributed by atoms with E-state index in [1.807, 2.05) is 0 Å². The van der Waals surface area contributed by atoms with Gasteiger partial charge in [0.15, 0.2) is 11.0 Å². The maximum Gasteiger partial charge on any atom is 0.230 e. The Bertz CT molecular complexity index is 1010. The van der Waals surface area contributed by atoms with E-state index < -0.39 is 23.5 Å². The third-order valence-electron chi connectivity index (χ3n) is 4.09. The predicted octanol–water partition coefficient (Wildman–Crippen LogP) is 3.87. The summed E-state index contributed by atoms with van der Waals surface area (Å²) in [5.41, 5.74) is 0.509. The second-order valence-corrected chi connectivity index (χ2v) is 7.03. The van der Waals surface area contributed by atoms with Crippen LogP contribution in [0.4, 0.5) is 13.2 Å². The van der Waals surface area contributed by atoms with Crippen molar-refractivity contribution in [3.05, 3.63) is 65.5 Å². The van der Waals surface area contributed by atoms with Crippen molar-refractivity contribution in [1.82, 2.24) is 20.1 Å². The Balaban J connectivity index is 1.63. The summed E-state index contributed by atoms with van der Waals surface area (Å²) in [5, 5.41) is 11.1. The standard InChI is InChI=1S/C19H17F3N4OS/c1-11(13-8-7-12(20)9-16(13)22)23-17(27)10-28-19-25-24-18(26(19)2)14-5-3-4-6-15(14)21/h3-9,11H,10H2,1-2H3,(H,23,27)/t11-/m1/s1. The van der Waals surface area contributed by atoms with Crippen molar-refractivity contribution >= 4 is 17.7 Å². The smallest absolute Gasteiger partial charge is 0.230 e. The maximum atomic E-state index is 13.9. The first-order valence-electron chi connectivity index (χ1n) is 8.38. The molecule has 0 radical (unpaired) electrons. The van der Waals surface area contributed by atoms with Crippen LogP contribution in [0.25, 0.3) is 11.4 Å². The summed E-state index contributed by atoms with van der Waals surface area (Å²) in [6.45, 7) is 1.61. The second kappa shape index (κ2) is 8.47. The molecule has 0 unspecified atom stereocenters. The molecule has 2 aromatic carbocycles. The van der Waals surface area contributed by atoms with Gasteiger partial charge in [-0.25, -0.2) is 13.2 Å². The third kappa shape index (κ3) is 4.36. The fraction of sp³-hybridized carbons (Fsp3) is 0.211. The molecule has 0 spiro atoms. The molecule has 0 aliphatic rings. The zero-order valence-electron chi connectivity index (χ0n) is 15.1. The lowest BCUT2D eigenvalue weighted by molar-refractivity contribution is -0.119. The van der Waals surface area contributed by atoms with Gasteiger partial charge < -0.3 is 9.88 Å². The van der Waals surface area contributed by atoms with Crippen LogP contribution in [0.3, 0.4) is 0 Å². The van der Waals surface area contributed by atoms with E-state index in [0.717, 1.165) is 23.9 Å². The Hall–Kier alpha value is -2.81. The average Bonchev–Trinajstić information content (AvgIpc) is 3.00. The summed E-state index contributed by atoms with van der Waals surface area (Å²) in [5.74, 6) is -1.80. The molecule has 0 saturated carbocycles. The molecule has 1 heterocycles. The first-order chi connectivity index (χ1) is 13.4. The highest BCUT2D eigenvalue weighted by Crippen LogP contribution is 2.25. The molecule has 0 bridgehead atoms. The lowest BCUT2D eigenvalue weighted by Crippen LogP contribution is -2.28. The maximum absolute atomic E-state index is 13.9. The van der Waals surface area contributed by atoms with E-state index in [0.29, 0.717) is 16.5 Å². The largest absolute Gasteiger partial charge is 0.349 e. The molecule has 1 aromatic heterocycles. The molecule has 5 nitrogen and oxygen atoms in total. The van der Waals surface area contributed by atoms with Crippen LogP contribution in [0.1, 0.15) is 18.5 Å². The van der Waals surface area contributed by atoms with Crippen LogP contribution in [0.15, 0.2) is 47.6 Å². The molecule has 0 fully saturated rings. The molecule has 1 atom stereocenters. The second-order valence-electron chi connectivity index (χ2n) is 6.09. The van der Waals surface area contributed by atoms with Crippen LogP contribution < -0.4 is 5.32 Å². The van der Waals surface area contributed by atoms with Crippen molar-refractivity contribution in [3.8, 4) is 11.4 Å². The SMILES string of the molecule is C[C@@H](NC(=O)CSc1nnc(-c2ccccc2F)n1C)c1ccc(F)cc1F. The monoisotopic (exact) mass is 406 g/mol. The van der Waals surface area contributed by atoms with Crippen molar-refractivity contribution in [1.29, 1.82) is 0 Å². The zero-order chi connectivity index (χ0) is 20.3. The molecule has 1 N–H and O–H groups in total. The van der Waals surface area contributed by atoms with Gasteiger partial charge in [-0.1, -0.05) is 30.0 Å². The van der Waals surface area contributed by atoms with Gasteiger partial charge in [0.2, 0.25) is 5.91 Å². The molecular formula is C19H17F3N4OS. The van der Waals surface area contributed by atoms with Gasteiger partial charge in [0.1, 0.15) is 17.5 Å². The molecule has 3 rings (SSSR count). The first-order valence-corrected chi connectivity index (χ1v) is 9.36. The summed E-state index contributed by atoms with van der Waals surface area (Å²) < 4.78 is 42.3. The van der Waals surface area contributed by atoms with Crippen molar-refractivity contribution < 1.29 is 18.0 Å². The van der Waals surface area contributed by atoms with E-state index in [9.17, 15) is 18.0 Å². The number of nitrogens with zero attached hydrogens (tertiary/aromatic N) is 3. The predicted molar refractivity (Wildman–Crippen MR) is 100 cm³/mol. The number of thioether (sulfide) groups is 1. The molecule has 0 saturated heterocycles. The minimum absolute atomic E-state index is 0.0103. The molecule has 0 aliphatic heterocycles. The Labute approximate surface area is 164 Å². The first kappa shape index (κ1) is 19.9. The fourth-order valence-corrected chi connectivity index (χ4v) is 3.38. The van der Waals surface area contributed by atoms with Crippen molar-refractivity contribution in [3.63, 3.8) is 0 Å². The van der Waals surface area contributed by atoms with Crippen LogP contribution in [0, 0.1) is 17.5 Å². The topological polar surface area (TPSA) is 59.8 Å². The number of aromatic nitrogens is 3. The summed E-state index contributed by atoms with van der Waals surface area (Å²) in [6.07, 6.45) is 0. The number of nitrogens with one attached hydrogen (secondary N) is 1. The van der Waals surface area contributed by atoms with E-state index in [1.54, 1.807) is 36.7 Å². The Kier molecular flexibility index (Phi) is 6.03. The highest BCUT2D eigenvalue weighted by Gasteiger charge is 2.17. The lowest BCUT2D eigenvalue weighted by atomic mass is 10.1. The summed E-state index contributed by atoms with van der Waals surface area (Å²) in [6, 6.07) is 8.80. The van der Waals surface area contributed by atoms with Gasteiger partial charge in [-0.3, -0.25) is 4.79 Å². The number of amides is 1. The summed E-state index contributed by atoms with van der Waals surface area (Å²) >= 11 is 1.12. The van der Waals surface area contributed by atoms with E-state index in [4.69, 9.17) is 0 Å². The van der Waals surface area contributed by atoms with Gasteiger partial charge in [-0.2, -0.15) is 0 Å². The fourth-order valence-electron chi connectivity index (χ4n) is 2.66. The molecule has 28 heavy (non-hydrogen) atoms. The van der Waals surface area contributed by atoms with Gasteiger partial charge in [-0.05, 0) is 25.1 Å². The molecular weight excluding hydrogens is 389 g/mol. The Morgan fingerprint density at radius 1 is 1.14 bits per heavy atom. The number of benzene rings is 2. The molecule has 3 aromatic rings. The Morgan fingerprint density at radius 3 is 2.61 bits per heavy atom. The van der Waals surface area contributed by atoms with E-state index in [2.05, 4.69) is 15.5 Å². The van der Waals surface area contributed by atoms with Gasteiger partial charge in [0, 0.05) is 18.7 Å². The van der Waals surface area contributed by atoms with Gasteiger partial charge in [0.05, 0.1) is 17.4 Å². The van der Waals surface area contributed by atoms with Crippen LogP contribution in [0.2, 0.25) is 0 Å². The number of hydrogen-bond donors (Lipinski definition) is 1. The quantitative estimate of drug-likeness (QED) is 0.632. The molecule has 1 amide bonds. The molecule has 0 aliphatic carbocycles. The van der Waals surface area contributed by atoms with Crippen molar-refractivity contribution in [2.45, 2.75) is 18.1 Å². The lowest BCUT2D eigenvalue weighted by Gasteiger charge is -2.15. The zero-order valence-corrected chi connectivity index (χ0v) is 15.9. The highest BCUT2D eigenvalue weighted by molar-refractivity contribution is 7.99. The normalized spacial score (nSPS) is 12.0. The van der Waals surface area contributed by atoms with Crippen LogP contribution in [-0.4, -0.2) is 26.4 Å². The minimum Gasteiger partial charge on any atom is -0.349 e. The molecule has 9 heteroatoms. The number of hydrogen-bond acceptors (Lipinski definition) is 4. The average molecular weight is 406 g/mol. The summed E-state index contributed by atoms with van der Waals surface area (Å²) in [4.78, 5) is 12.2. The van der Waals surface area contributed by atoms with E-state index in [-0.39, 0.29) is 17.2 Å². The van der Waals surface area contributed by atoms with Gasteiger partial charge in [0.25, 0.3) is 0 Å². The van der Waals surface area contributed by atoms with Gasteiger partial charge >= 0.3 is 0 Å².